The molecule has 2 atom stereocenters. The standard InChI is InChI=1S/C18H22N4O3/c1-13(23)22-12-16(24)7-17(22)18(25)19-8-15-9-20-21(11-15)10-14-5-3-2-4-6-14/h2-6,9,11,16-17,24H,7-8,10,12H2,1H3,(H,19,25)/t16-,17-/m1/s1. The van der Waals surface area contributed by atoms with Gasteiger partial charge in [-0.3, -0.25) is 14.3 Å². The van der Waals surface area contributed by atoms with Crippen molar-refractivity contribution >= 4 is 11.8 Å². The minimum absolute atomic E-state index is 0.201. The molecule has 0 saturated carbocycles. The Morgan fingerprint density at radius 2 is 2.04 bits per heavy atom. The number of aliphatic hydroxyl groups is 1. The summed E-state index contributed by atoms with van der Waals surface area (Å²) in [5, 5.41) is 16.8. The van der Waals surface area contributed by atoms with Crippen molar-refractivity contribution in [3.63, 3.8) is 0 Å². The largest absolute Gasteiger partial charge is 0.391 e. The molecule has 1 fully saturated rings. The highest BCUT2D eigenvalue weighted by Gasteiger charge is 2.37. The van der Waals surface area contributed by atoms with Gasteiger partial charge in [-0.05, 0) is 5.56 Å². The van der Waals surface area contributed by atoms with Gasteiger partial charge in [-0.1, -0.05) is 30.3 Å². The van der Waals surface area contributed by atoms with E-state index in [1.807, 2.05) is 41.2 Å². The molecule has 2 amide bonds. The van der Waals surface area contributed by atoms with E-state index in [2.05, 4.69) is 10.4 Å². The van der Waals surface area contributed by atoms with Gasteiger partial charge < -0.3 is 15.3 Å². The van der Waals surface area contributed by atoms with Crippen LogP contribution < -0.4 is 5.32 Å². The maximum atomic E-state index is 12.3. The molecule has 0 bridgehead atoms. The normalized spacial score (nSPS) is 19.8. The number of rotatable bonds is 5. The monoisotopic (exact) mass is 342 g/mol. The SMILES string of the molecule is CC(=O)N1C[C@H](O)C[C@@H]1C(=O)NCc1cnn(Cc2ccccc2)c1. The number of hydrogen-bond donors (Lipinski definition) is 2. The quantitative estimate of drug-likeness (QED) is 0.830. The fourth-order valence-electron chi connectivity index (χ4n) is 3.07. The molecule has 0 spiro atoms. The number of carbonyl (C=O) groups is 2. The number of β-amino-alcohol motifs (C(OH)–C–C–N with tert-alkyl or cyclic N) is 1. The number of nitrogens with one attached hydrogen (secondary N) is 1. The van der Waals surface area contributed by atoms with E-state index < -0.39 is 12.1 Å². The highest BCUT2D eigenvalue weighted by atomic mass is 16.3. The fraction of sp³-hybridized carbons (Fsp3) is 0.389. The third kappa shape index (κ3) is 4.24. The molecule has 0 unspecified atom stereocenters. The number of likely N-dealkylation sites (tertiary alicyclic amines) is 1. The first-order chi connectivity index (χ1) is 12.0. The summed E-state index contributed by atoms with van der Waals surface area (Å²) in [6, 6.07) is 9.40. The second kappa shape index (κ2) is 7.48. The van der Waals surface area contributed by atoms with Gasteiger partial charge in [0, 0.05) is 38.2 Å². The first kappa shape index (κ1) is 17.2. The number of benzene rings is 1. The molecule has 7 nitrogen and oxygen atoms in total. The average Bonchev–Trinajstić information content (AvgIpc) is 3.20. The maximum absolute atomic E-state index is 12.3. The van der Waals surface area contributed by atoms with Crippen molar-refractivity contribution in [1.29, 1.82) is 0 Å². The van der Waals surface area contributed by atoms with Gasteiger partial charge in [0.15, 0.2) is 0 Å². The van der Waals surface area contributed by atoms with Crippen LogP contribution >= 0.6 is 0 Å². The second-order valence-electron chi connectivity index (χ2n) is 6.33. The molecule has 1 aromatic carbocycles. The third-order valence-electron chi connectivity index (χ3n) is 4.33. The van der Waals surface area contributed by atoms with E-state index in [0.29, 0.717) is 13.1 Å². The Morgan fingerprint density at radius 1 is 1.28 bits per heavy atom. The van der Waals surface area contributed by atoms with E-state index in [1.165, 1.54) is 11.8 Å². The Labute approximate surface area is 146 Å². The van der Waals surface area contributed by atoms with E-state index in [0.717, 1.165) is 11.1 Å². The van der Waals surface area contributed by atoms with E-state index >= 15 is 0 Å². The fourth-order valence-corrected chi connectivity index (χ4v) is 3.07. The van der Waals surface area contributed by atoms with Crippen molar-refractivity contribution in [2.45, 2.75) is 38.6 Å². The topological polar surface area (TPSA) is 87.5 Å². The molecule has 2 aromatic rings. The van der Waals surface area contributed by atoms with Gasteiger partial charge in [-0.15, -0.1) is 0 Å². The molecular formula is C18H22N4O3. The van der Waals surface area contributed by atoms with Crippen molar-refractivity contribution in [3.05, 3.63) is 53.9 Å². The maximum Gasteiger partial charge on any atom is 0.243 e. The van der Waals surface area contributed by atoms with Crippen molar-refractivity contribution in [2.24, 2.45) is 0 Å². The van der Waals surface area contributed by atoms with Gasteiger partial charge in [0.1, 0.15) is 6.04 Å². The van der Waals surface area contributed by atoms with Crippen LogP contribution in [0.25, 0.3) is 0 Å². The third-order valence-corrected chi connectivity index (χ3v) is 4.33. The molecular weight excluding hydrogens is 320 g/mol. The van der Waals surface area contributed by atoms with Crippen LogP contribution in [0.1, 0.15) is 24.5 Å². The van der Waals surface area contributed by atoms with Crippen LogP contribution in [0, 0.1) is 0 Å². The summed E-state index contributed by atoms with van der Waals surface area (Å²) < 4.78 is 1.82. The lowest BCUT2D eigenvalue weighted by molar-refractivity contribution is -0.137. The Morgan fingerprint density at radius 3 is 2.76 bits per heavy atom. The van der Waals surface area contributed by atoms with Crippen LogP contribution in [0.15, 0.2) is 42.7 Å². The lowest BCUT2D eigenvalue weighted by Crippen LogP contribution is -2.44. The second-order valence-corrected chi connectivity index (χ2v) is 6.33. The summed E-state index contributed by atoms with van der Waals surface area (Å²) in [6.45, 7) is 2.63. The average molecular weight is 342 g/mol. The molecule has 7 heteroatoms. The van der Waals surface area contributed by atoms with Crippen LogP contribution in [0.4, 0.5) is 0 Å². The Kier molecular flexibility index (Phi) is 5.14. The zero-order valence-corrected chi connectivity index (χ0v) is 14.1. The van der Waals surface area contributed by atoms with E-state index in [4.69, 9.17) is 0 Å². The molecule has 1 saturated heterocycles. The van der Waals surface area contributed by atoms with Crippen LogP contribution in [0.2, 0.25) is 0 Å². The molecule has 132 valence electrons. The van der Waals surface area contributed by atoms with Crippen LogP contribution in [0.3, 0.4) is 0 Å². The highest BCUT2D eigenvalue weighted by Crippen LogP contribution is 2.18. The van der Waals surface area contributed by atoms with Crippen LogP contribution in [-0.2, 0) is 22.7 Å². The number of aromatic nitrogens is 2. The zero-order chi connectivity index (χ0) is 17.8. The van der Waals surface area contributed by atoms with Gasteiger partial charge in [-0.25, -0.2) is 0 Å². The number of aliphatic hydroxyl groups excluding tert-OH is 1. The highest BCUT2D eigenvalue weighted by molar-refractivity contribution is 5.87. The van der Waals surface area contributed by atoms with Crippen molar-refractivity contribution < 1.29 is 14.7 Å². The number of hydrogen-bond acceptors (Lipinski definition) is 4. The van der Waals surface area contributed by atoms with E-state index in [9.17, 15) is 14.7 Å². The summed E-state index contributed by atoms with van der Waals surface area (Å²) in [6.07, 6.45) is 3.24. The Bertz CT molecular complexity index is 744. The Hall–Kier alpha value is -2.67. The van der Waals surface area contributed by atoms with Gasteiger partial charge in [0.2, 0.25) is 11.8 Å². The molecule has 3 rings (SSSR count). The van der Waals surface area contributed by atoms with Crippen molar-refractivity contribution in [3.8, 4) is 0 Å². The number of carbonyl (C=O) groups excluding carboxylic acids is 2. The summed E-state index contributed by atoms with van der Waals surface area (Å²) in [4.78, 5) is 25.3. The summed E-state index contributed by atoms with van der Waals surface area (Å²) in [7, 11) is 0. The zero-order valence-electron chi connectivity index (χ0n) is 14.1. The van der Waals surface area contributed by atoms with E-state index in [1.54, 1.807) is 6.20 Å². The van der Waals surface area contributed by atoms with E-state index in [-0.39, 0.29) is 24.8 Å². The van der Waals surface area contributed by atoms with Crippen molar-refractivity contribution in [1.82, 2.24) is 20.0 Å². The summed E-state index contributed by atoms with van der Waals surface area (Å²) in [5.74, 6) is -0.449. The molecule has 25 heavy (non-hydrogen) atoms. The predicted octanol–water partition coefficient (Wildman–Crippen LogP) is 0.529. The first-order valence-electron chi connectivity index (χ1n) is 8.31. The number of nitrogens with zero attached hydrogens (tertiary/aromatic N) is 3. The molecule has 1 aromatic heterocycles. The van der Waals surface area contributed by atoms with Gasteiger partial charge in [0.05, 0.1) is 18.8 Å². The molecule has 0 radical (unpaired) electrons. The lowest BCUT2D eigenvalue weighted by atomic mass is 10.2. The van der Waals surface area contributed by atoms with Crippen LogP contribution in [-0.4, -0.2) is 50.3 Å². The minimum Gasteiger partial charge on any atom is -0.391 e. The Balaban J connectivity index is 1.55. The minimum atomic E-state index is -0.645. The predicted molar refractivity (Wildman–Crippen MR) is 91.4 cm³/mol. The summed E-state index contributed by atoms with van der Waals surface area (Å²) >= 11 is 0. The van der Waals surface area contributed by atoms with Crippen molar-refractivity contribution in [2.75, 3.05) is 6.54 Å². The molecule has 2 heterocycles. The summed E-state index contributed by atoms with van der Waals surface area (Å²) in [5.41, 5.74) is 2.04. The van der Waals surface area contributed by atoms with Gasteiger partial charge in [0.25, 0.3) is 0 Å². The van der Waals surface area contributed by atoms with Gasteiger partial charge >= 0.3 is 0 Å². The molecule has 1 aliphatic rings. The lowest BCUT2D eigenvalue weighted by Gasteiger charge is -2.21. The molecule has 2 N–H and O–H groups in total. The van der Waals surface area contributed by atoms with Crippen LogP contribution in [0.5, 0.6) is 0 Å². The molecule has 1 aliphatic heterocycles. The smallest absolute Gasteiger partial charge is 0.243 e. The van der Waals surface area contributed by atoms with Gasteiger partial charge in [-0.2, -0.15) is 5.10 Å². The number of amides is 2. The first-order valence-corrected chi connectivity index (χ1v) is 8.31. The molecule has 0 aliphatic carbocycles.